The highest BCUT2D eigenvalue weighted by atomic mass is 19.2. The van der Waals surface area contributed by atoms with Crippen LogP contribution < -0.4 is 5.32 Å². The van der Waals surface area contributed by atoms with Gasteiger partial charge in [0.25, 0.3) is 5.91 Å². The Kier molecular flexibility index (Phi) is 2.86. The molecule has 88 valence electrons. The van der Waals surface area contributed by atoms with Crippen molar-refractivity contribution < 1.29 is 18.1 Å². The predicted octanol–water partition coefficient (Wildman–Crippen LogP) is 2.51. The molecular formula is C11H8F2N2O2. The average molecular weight is 238 g/mol. The number of carbonyl (C=O) groups excluding carboxylic acids is 1. The fourth-order valence-corrected chi connectivity index (χ4v) is 1.28. The van der Waals surface area contributed by atoms with E-state index in [2.05, 4.69) is 10.5 Å². The number of benzene rings is 1. The molecule has 2 aromatic rings. The van der Waals surface area contributed by atoms with Gasteiger partial charge in [0.15, 0.2) is 11.6 Å². The van der Waals surface area contributed by atoms with E-state index in [9.17, 15) is 13.6 Å². The van der Waals surface area contributed by atoms with Crippen LogP contribution in [0.4, 0.5) is 14.7 Å². The second-order valence-corrected chi connectivity index (χ2v) is 3.39. The van der Waals surface area contributed by atoms with Crippen LogP contribution in [0, 0.1) is 18.6 Å². The first-order valence-electron chi connectivity index (χ1n) is 4.76. The smallest absolute Gasteiger partial charge is 0.261 e. The van der Waals surface area contributed by atoms with Crippen LogP contribution in [0.2, 0.25) is 0 Å². The Morgan fingerprint density at radius 3 is 2.82 bits per heavy atom. The highest BCUT2D eigenvalue weighted by Gasteiger charge is 2.16. The third-order valence-corrected chi connectivity index (χ3v) is 2.06. The largest absolute Gasteiger partial charge is 0.338 e. The monoisotopic (exact) mass is 238 g/mol. The molecule has 1 N–H and O–H groups in total. The highest BCUT2D eigenvalue weighted by Crippen LogP contribution is 2.14. The Morgan fingerprint density at radius 1 is 1.41 bits per heavy atom. The zero-order valence-corrected chi connectivity index (χ0v) is 8.83. The van der Waals surface area contributed by atoms with E-state index < -0.39 is 17.5 Å². The Bertz CT molecular complexity index is 566. The first-order chi connectivity index (χ1) is 8.08. The summed E-state index contributed by atoms with van der Waals surface area (Å²) in [7, 11) is 0. The van der Waals surface area contributed by atoms with Crippen molar-refractivity contribution in [3.05, 3.63) is 47.2 Å². The van der Waals surface area contributed by atoms with Gasteiger partial charge in [-0.25, -0.2) is 8.78 Å². The van der Waals surface area contributed by atoms with Gasteiger partial charge in [0.05, 0.1) is 11.3 Å². The van der Waals surface area contributed by atoms with E-state index >= 15 is 0 Å². The number of nitrogens with one attached hydrogen (secondary N) is 1. The molecule has 2 rings (SSSR count). The summed E-state index contributed by atoms with van der Waals surface area (Å²) in [6, 6.07) is 4.83. The second kappa shape index (κ2) is 4.32. The molecule has 0 spiro atoms. The number of rotatable bonds is 2. The molecule has 0 radical (unpaired) electrons. The number of hydrogen-bond acceptors (Lipinski definition) is 3. The third-order valence-electron chi connectivity index (χ3n) is 2.06. The van der Waals surface area contributed by atoms with E-state index in [1.807, 2.05) is 0 Å². The van der Waals surface area contributed by atoms with Gasteiger partial charge in [0.1, 0.15) is 0 Å². The van der Waals surface area contributed by atoms with E-state index in [0.717, 1.165) is 6.07 Å². The van der Waals surface area contributed by atoms with Crippen LogP contribution in [0.15, 0.2) is 28.8 Å². The average Bonchev–Trinajstić information content (AvgIpc) is 2.68. The molecule has 0 aliphatic carbocycles. The fourth-order valence-electron chi connectivity index (χ4n) is 1.28. The quantitative estimate of drug-likeness (QED) is 0.874. The van der Waals surface area contributed by atoms with Crippen molar-refractivity contribution in [2.75, 3.05) is 5.32 Å². The lowest BCUT2D eigenvalue weighted by Crippen LogP contribution is -2.14. The van der Waals surface area contributed by atoms with Gasteiger partial charge in [-0.05, 0) is 19.1 Å². The summed E-state index contributed by atoms with van der Waals surface area (Å²) in [5, 5.41) is 5.82. The lowest BCUT2D eigenvalue weighted by Gasteiger charge is -2.02. The van der Waals surface area contributed by atoms with Gasteiger partial charge in [-0.15, -0.1) is 0 Å². The molecule has 4 nitrogen and oxygen atoms in total. The van der Waals surface area contributed by atoms with Crippen molar-refractivity contribution in [2.24, 2.45) is 0 Å². The van der Waals surface area contributed by atoms with Gasteiger partial charge < -0.3 is 4.52 Å². The van der Waals surface area contributed by atoms with Crippen LogP contribution in [-0.4, -0.2) is 11.1 Å². The summed E-state index contributed by atoms with van der Waals surface area (Å²) >= 11 is 0. The minimum absolute atomic E-state index is 0.0798. The molecule has 0 bridgehead atoms. The maximum Gasteiger partial charge on any atom is 0.261 e. The summed E-state index contributed by atoms with van der Waals surface area (Å²) in [6.07, 6.45) is 0. The third kappa shape index (κ3) is 2.30. The lowest BCUT2D eigenvalue weighted by atomic mass is 10.2. The Morgan fingerprint density at radius 2 is 2.18 bits per heavy atom. The molecule has 0 aliphatic heterocycles. The second-order valence-electron chi connectivity index (χ2n) is 3.39. The van der Waals surface area contributed by atoms with Crippen molar-refractivity contribution in [3.63, 3.8) is 0 Å². The predicted molar refractivity (Wildman–Crippen MR) is 55.6 cm³/mol. The van der Waals surface area contributed by atoms with Crippen molar-refractivity contribution in [3.8, 4) is 0 Å². The number of aromatic nitrogens is 1. The minimum Gasteiger partial charge on any atom is -0.338 e. The SMILES string of the molecule is Cc1cc(NC(=O)c2cccc(F)c2F)on1. The molecule has 0 saturated carbocycles. The molecule has 0 saturated heterocycles. The van der Waals surface area contributed by atoms with Crippen LogP contribution >= 0.6 is 0 Å². The van der Waals surface area contributed by atoms with Crippen LogP contribution in [0.5, 0.6) is 0 Å². The maximum atomic E-state index is 13.3. The Labute approximate surface area is 95.2 Å². The Hall–Kier alpha value is -2.24. The lowest BCUT2D eigenvalue weighted by molar-refractivity contribution is 0.101. The van der Waals surface area contributed by atoms with Gasteiger partial charge in [-0.3, -0.25) is 10.1 Å². The summed E-state index contributed by atoms with van der Waals surface area (Å²) in [4.78, 5) is 11.6. The molecule has 0 aliphatic rings. The van der Waals surface area contributed by atoms with E-state index in [0.29, 0.717) is 5.69 Å². The normalized spacial score (nSPS) is 10.3. The number of aryl methyl sites for hydroxylation is 1. The number of nitrogens with zero attached hydrogens (tertiary/aromatic N) is 1. The van der Waals surface area contributed by atoms with Gasteiger partial charge in [-0.1, -0.05) is 11.2 Å². The molecule has 1 aromatic carbocycles. The van der Waals surface area contributed by atoms with E-state index in [1.54, 1.807) is 6.92 Å². The van der Waals surface area contributed by atoms with Gasteiger partial charge in [0.2, 0.25) is 5.88 Å². The van der Waals surface area contributed by atoms with E-state index in [1.165, 1.54) is 18.2 Å². The van der Waals surface area contributed by atoms with Crippen molar-refractivity contribution in [1.82, 2.24) is 5.16 Å². The van der Waals surface area contributed by atoms with Gasteiger partial charge in [0, 0.05) is 6.07 Å². The summed E-state index contributed by atoms with van der Waals surface area (Å²) in [5.41, 5.74) is 0.180. The summed E-state index contributed by atoms with van der Waals surface area (Å²) in [5.74, 6) is -2.98. The molecule has 0 unspecified atom stereocenters. The number of anilines is 1. The molecule has 1 heterocycles. The maximum absolute atomic E-state index is 13.3. The number of halogens is 2. The van der Waals surface area contributed by atoms with Crippen LogP contribution in [0.3, 0.4) is 0 Å². The molecule has 17 heavy (non-hydrogen) atoms. The number of carbonyl (C=O) groups is 1. The highest BCUT2D eigenvalue weighted by molar-refractivity contribution is 6.03. The van der Waals surface area contributed by atoms with Crippen LogP contribution in [0.25, 0.3) is 0 Å². The number of hydrogen-bond donors (Lipinski definition) is 1. The van der Waals surface area contributed by atoms with Gasteiger partial charge >= 0.3 is 0 Å². The minimum atomic E-state index is -1.19. The number of amides is 1. The summed E-state index contributed by atoms with van der Waals surface area (Å²) < 4.78 is 30.9. The zero-order chi connectivity index (χ0) is 12.4. The standard InChI is InChI=1S/C11H8F2N2O2/c1-6-5-9(17-15-6)14-11(16)7-3-2-4-8(12)10(7)13/h2-5H,1H3,(H,14,16). The van der Waals surface area contributed by atoms with Crippen LogP contribution in [0.1, 0.15) is 16.1 Å². The fraction of sp³-hybridized carbons (Fsp3) is 0.0909. The van der Waals surface area contributed by atoms with Crippen molar-refractivity contribution >= 4 is 11.8 Å². The van der Waals surface area contributed by atoms with Crippen molar-refractivity contribution in [2.45, 2.75) is 6.92 Å². The molecule has 0 atom stereocenters. The van der Waals surface area contributed by atoms with E-state index in [-0.39, 0.29) is 11.4 Å². The van der Waals surface area contributed by atoms with Crippen molar-refractivity contribution in [1.29, 1.82) is 0 Å². The zero-order valence-electron chi connectivity index (χ0n) is 8.83. The van der Waals surface area contributed by atoms with E-state index in [4.69, 9.17) is 4.52 Å². The molecule has 0 fully saturated rings. The summed E-state index contributed by atoms with van der Waals surface area (Å²) in [6.45, 7) is 1.67. The first-order valence-corrected chi connectivity index (χ1v) is 4.76. The topological polar surface area (TPSA) is 55.1 Å². The Balaban J connectivity index is 2.23. The van der Waals surface area contributed by atoms with Crippen LogP contribution in [-0.2, 0) is 0 Å². The molecular weight excluding hydrogens is 230 g/mol. The molecule has 1 aromatic heterocycles. The van der Waals surface area contributed by atoms with Gasteiger partial charge in [-0.2, -0.15) is 0 Å². The molecule has 6 heteroatoms. The molecule has 1 amide bonds. The first kappa shape index (κ1) is 11.3.